The first-order valence-electron chi connectivity index (χ1n) is 11.0. The van der Waals surface area contributed by atoms with Gasteiger partial charge in [0.25, 0.3) is 0 Å². The molecule has 2 aromatic heterocycles. The Bertz CT molecular complexity index is 840. The molecule has 0 aliphatic carbocycles. The highest BCUT2D eigenvalue weighted by molar-refractivity contribution is 14.0. The quantitative estimate of drug-likeness (QED) is 0.331. The normalized spacial score (nSPS) is 18.9. The Kier molecular flexibility index (Phi) is 8.96. The van der Waals surface area contributed by atoms with E-state index in [1.165, 1.54) is 24.4 Å². The van der Waals surface area contributed by atoms with E-state index in [1.54, 1.807) is 0 Å². The second-order valence-corrected chi connectivity index (χ2v) is 8.69. The van der Waals surface area contributed by atoms with Crippen molar-refractivity contribution in [2.24, 2.45) is 4.99 Å². The van der Waals surface area contributed by atoms with Gasteiger partial charge in [-0.05, 0) is 45.0 Å². The number of likely N-dealkylation sites (tertiary alicyclic amines) is 1. The summed E-state index contributed by atoms with van der Waals surface area (Å²) in [6.45, 7) is 10.9. The number of rotatable bonds is 6. The van der Waals surface area contributed by atoms with Gasteiger partial charge in [0.05, 0.1) is 6.04 Å². The second kappa shape index (κ2) is 11.5. The minimum Gasteiger partial charge on any atom is -0.465 e. The summed E-state index contributed by atoms with van der Waals surface area (Å²) in [6.07, 6.45) is 3.41. The molecule has 10 heteroatoms. The SMILES string of the molecule is CCc1nsc(N2CCN(C(=NC)NCC(c3ccc(C)o3)N3CCCC3)CC2)n1.I. The standard InChI is InChI=1S/C21H33N7OS.HI/c1-4-19-24-21(30-25-19)28-13-11-27(12-14-28)20(22-3)23-15-17(26-9-5-6-10-26)18-8-7-16(2)29-18;/h7-8,17H,4-6,9-15H2,1-3H3,(H,22,23);1H. The van der Waals surface area contributed by atoms with Crippen LogP contribution in [-0.4, -0.2) is 78.0 Å². The smallest absolute Gasteiger partial charge is 0.205 e. The number of hydrogen-bond acceptors (Lipinski definition) is 7. The Morgan fingerprint density at radius 2 is 1.94 bits per heavy atom. The lowest BCUT2D eigenvalue weighted by Crippen LogP contribution is -2.53. The van der Waals surface area contributed by atoms with Crippen molar-refractivity contribution in [1.29, 1.82) is 0 Å². The lowest BCUT2D eigenvalue weighted by molar-refractivity contribution is 0.212. The number of anilines is 1. The molecule has 2 fully saturated rings. The van der Waals surface area contributed by atoms with Crippen LogP contribution in [-0.2, 0) is 6.42 Å². The third kappa shape index (κ3) is 5.89. The van der Waals surface area contributed by atoms with Gasteiger partial charge in [0.1, 0.15) is 17.3 Å². The maximum absolute atomic E-state index is 5.99. The van der Waals surface area contributed by atoms with Crippen LogP contribution in [0, 0.1) is 6.92 Å². The van der Waals surface area contributed by atoms with E-state index < -0.39 is 0 Å². The zero-order chi connectivity index (χ0) is 20.9. The highest BCUT2D eigenvalue weighted by atomic mass is 127. The van der Waals surface area contributed by atoms with Crippen LogP contribution in [0.1, 0.15) is 43.2 Å². The number of piperazine rings is 1. The minimum atomic E-state index is 0. The number of furan rings is 1. The van der Waals surface area contributed by atoms with Crippen molar-refractivity contribution in [2.75, 3.05) is 57.8 Å². The maximum Gasteiger partial charge on any atom is 0.205 e. The Labute approximate surface area is 206 Å². The van der Waals surface area contributed by atoms with Crippen LogP contribution >= 0.6 is 35.5 Å². The Hall–Kier alpha value is -1.40. The van der Waals surface area contributed by atoms with Crippen LogP contribution in [0.5, 0.6) is 0 Å². The molecule has 4 heterocycles. The topological polar surface area (TPSA) is 73.0 Å². The van der Waals surface area contributed by atoms with Gasteiger partial charge in [-0.3, -0.25) is 9.89 Å². The molecule has 8 nitrogen and oxygen atoms in total. The lowest BCUT2D eigenvalue weighted by Gasteiger charge is -2.37. The van der Waals surface area contributed by atoms with Gasteiger partial charge in [-0.2, -0.15) is 4.37 Å². The summed E-state index contributed by atoms with van der Waals surface area (Å²) in [7, 11) is 1.87. The van der Waals surface area contributed by atoms with Crippen molar-refractivity contribution in [3.63, 3.8) is 0 Å². The third-order valence-electron chi connectivity index (χ3n) is 5.96. The van der Waals surface area contributed by atoms with Gasteiger partial charge in [-0.15, -0.1) is 24.0 Å². The van der Waals surface area contributed by atoms with E-state index in [9.17, 15) is 0 Å². The van der Waals surface area contributed by atoms with E-state index >= 15 is 0 Å². The summed E-state index contributed by atoms with van der Waals surface area (Å²) in [5.41, 5.74) is 0. The number of guanidine groups is 1. The van der Waals surface area contributed by atoms with Crippen molar-refractivity contribution >= 4 is 46.6 Å². The average molecular weight is 560 g/mol. The fourth-order valence-corrected chi connectivity index (χ4v) is 5.04. The van der Waals surface area contributed by atoms with E-state index in [-0.39, 0.29) is 30.0 Å². The second-order valence-electron chi connectivity index (χ2n) is 7.96. The number of aryl methyl sites for hydroxylation is 2. The summed E-state index contributed by atoms with van der Waals surface area (Å²) >= 11 is 1.51. The van der Waals surface area contributed by atoms with Crippen LogP contribution in [0.2, 0.25) is 0 Å². The van der Waals surface area contributed by atoms with Crippen molar-refractivity contribution < 1.29 is 4.42 Å². The molecule has 2 aliphatic heterocycles. The lowest BCUT2D eigenvalue weighted by atomic mass is 10.2. The molecule has 2 saturated heterocycles. The fraction of sp³-hybridized carbons (Fsp3) is 0.667. The van der Waals surface area contributed by atoms with E-state index in [0.29, 0.717) is 0 Å². The Balaban J connectivity index is 0.00000272. The number of nitrogens with one attached hydrogen (secondary N) is 1. The molecule has 0 bridgehead atoms. The Morgan fingerprint density at radius 1 is 1.19 bits per heavy atom. The molecule has 4 rings (SSSR count). The highest BCUT2D eigenvalue weighted by Crippen LogP contribution is 2.26. The summed E-state index contributed by atoms with van der Waals surface area (Å²) in [4.78, 5) is 16.4. The molecule has 2 aliphatic rings. The molecule has 0 radical (unpaired) electrons. The van der Waals surface area contributed by atoms with Crippen LogP contribution in [0.15, 0.2) is 21.5 Å². The van der Waals surface area contributed by atoms with Crippen LogP contribution < -0.4 is 10.2 Å². The number of nitrogens with zero attached hydrogens (tertiary/aromatic N) is 6. The van der Waals surface area contributed by atoms with Crippen molar-refractivity contribution in [3.05, 3.63) is 29.5 Å². The number of halogens is 1. The van der Waals surface area contributed by atoms with E-state index in [4.69, 9.17) is 4.42 Å². The predicted octanol–water partition coefficient (Wildman–Crippen LogP) is 3.15. The van der Waals surface area contributed by atoms with Gasteiger partial charge < -0.3 is 19.5 Å². The fourth-order valence-electron chi connectivity index (χ4n) is 4.24. The maximum atomic E-state index is 5.99. The van der Waals surface area contributed by atoms with E-state index in [1.807, 2.05) is 14.0 Å². The van der Waals surface area contributed by atoms with Crippen molar-refractivity contribution in [3.8, 4) is 0 Å². The van der Waals surface area contributed by atoms with Crippen LogP contribution in [0.3, 0.4) is 0 Å². The first-order valence-corrected chi connectivity index (χ1v) is 11.8. The zero-order valence-electron chi connectivity index (χ0n) is 18.7. The van der Waals surface area contributed by atoms with Crippen LogP contribution in [0.4, 0.5) is 5.13 Å². The highest BCUT2D eigenvalue weighted by Gasteiger charge is 2.27. The summed E-state index contributed by atoms with van der Waals surface area (Å²) in [5.74, 6) is 3.92. The predicted molar refractivity (Wildman–Crippen MR) is 137 cm³/mol. The summed E-state index contributed by atoms with van der Waals surface area (Å²) in [6, 6.07) is 4.42. The first-order chi connectivity index (χ1) is 14.7. The molecule has 1 atom stereocenters. The van der Waals surface area contributed by atoms with Gasteiger partial charge in [-0.25, -0.2) is 4.98 Å². The molecule has 0 spiro atoms. The zero-order valence-corrected chi connectivity index (χ0v) is 21.9. The molecule has 0 saturated carbocycles. The molecule has 0 amide bonds. The third-order valence-corrected chi connectivity index (χ3v) is 6.77. The molecule has 1 unspecified atom stereocenters. The molecule has 172 valence electrons. The van der Waals surface area contributed by atoms with Gasteiger partial charge in [-0.1, -0.05) is 6.92 Å². The Morgan fingerprint density at radius 3 is 2.52 bits per heavy atom. The minimum absolute atomic E-state index is 0. The monoisotopic (exact) mass is 559 g/mol. The number of hydrogen-bond donors (Lipinski definition) is 1. The molecule has 2 aromatic rings. The summed E-state index contributed by atoms with van der Waals surface area (Å²) < 4.78 is 10.4. The van der Waals surface area contributed by atoms with Crippen molar-refractivity contribution in [2.45, 2.75) is 39.2 Å². The molecule has 0 aromatic carbocycles. The molecule has 31 heavy (non-hydrogen) atoms. The molecule has 1 N–H and O–H groups in total. The number of aromatic nitrogens is 2. The first kappa shape index (κ1) is 24.2. The molecular formula is C21H34IN7OS. The largest absolute Gasteiger partial charge is 0.465 e. The summed E-state index contributed by atoms with van der Waals surface area (Å²) in [5, 5.41) is 4.66. The van der Waals surface area contributed by atoms with Crippen molar-refractivity contribution in [1.82, 2.24) is 24.5 Å². The number of aliphatic imine (C=N–C) groups is 1. The van der Waals surface area contributed by atoms with Gasteiger partial charge in [0.15, 0.2) is 5.96 Å². The van der Waals surface area contributed by atoms with Crippen LogP contribution in [0.25, 0.3) is 0 Å². The van der Waals surface area contributed by atoms with E-state index in [2.05, 4.69) is 53.4 Å². The van der Waals surface area contributed by atoms with E-state index in [0.717, 1.165) is 80.7 Å². The molecular weight excluding hydrogens is 525 g/mol. The van der Waals surface area contributed by atoms with Gasteiger partial charge in [0, 0.05) is 57.7 Å². The van der Waals surface area contributed by atoms with Gasteiger partial charge in [0.2, 0.25) is 5.13 Å². The average Bonchev–Trinajstić information content (AvgIpc) is 3.53. The van der Waals surface area contributed by atoms with Gasteiger partial charge >= 0.3 is 0 Å².